The molecule has 1 aromatic heterocycles. The summed E-state index contributed by atoms with van der Waals surface area (Å²) in [5.41, 5.74) is -1.81. The third-order valence-corrected chi connectivity index (χ3v) is 3.32. The first-order valence-corrected chi connectivity index (χ1v) is 6.41. The minimum atomic E-state index is -4.70. The van der Waals surface area contributed by atoms with Gasteiger partial charge in [-0.15, -0.1) is 0 Å². The minimum absolute atomic E-state index is 0.221. The van der Waals surface area contributed by atoms with E-state index in [1.807, 2.05) is 0 Å². The van der Waals surface area contributed by atoms with Gasteiger partial charge in [0.1, 0.15) is 5.69 Å². The van der Waals surface area contributed by atoms with E-state index in [1.165, 1.54) is 17.4 Å². The van der Waals surface area contributed by atoms with E-state index in [4.69, 9.17) is 0 Å². The number of thiophene rings is 1. The van der Waals surface area contributed by atoms with E-state index in [9.17, 15) is 28.1 Å². The third kappa shape index (κ3) is 3.02. The molecule has 0 radical (unpaired) electrons. The summed E-state index contributed by atoms with van der Waals surface area (Å²) in [6.45, 7) is 0. The Balaban J connectivity index is 2.58. The van der Waals surface area contributed by atoms with E-state index in [0.29, 0.717) is 24.2 Å². The number of carbonyl (C=O) groups is 1. The summed E-state index contributed by atoms with van der Waals surface area (Å²) in [5.74, 6) is 0. The Morgan fingerprint density at radius 2 is 2.00 bits per heavy atom. The van der Waals surface area contributed by atoms with Gasteiger partial charge in [-0.25, -0.2) is 0 Å². The molecular weight excluding hydrogens is 309 g/mol. The van der Waals surface area contributed by atoms with E-state index in [-0.39, 0.29) is 5.69 Å². The highest BCUT2D eigenvalue weighted by molar-refractivity contribution is 7.08. The van der Waals surface area contributed by atoms with Gasteiger partial charge in [0, 0.05) is 11.4 Å². The minimum Gasteiger partial charge on any atom is -0.278 e. The molecule has 2 aromatic rings. The molecule has 0 saturated heterocycles. The molecule has 9 heteroatoms. The van der Waals surface area contributed by atoms with E-state index >= 15 is 0 Å². The van der Waals surface area contributed by atoms with Crippen molar-refractivity contribution in [3.05, 3.63) is 50.7 Å². The van der Waals surface area contributed by atoms with Crippen LogP contribution in [0.2, 0.25) is 0 Å². The first-order valence-electron chi connectivity index (χ1n) is 5.47. The molecule has 0 saturated carbocycles. The van der Waals surface area contributed by atoms with E-state index in [1.54, 1.807) is 10.8 Å². The molecule has 0 aliphatic rings. The van der Waals surface area contributed by atoms with Crippen LogP contribution in [0, 0.1) is 10.1 Å². The maximum atomic E-state index is 12.6. The van der Waals surface area contributed by atoms with Gasteiger partial charge >= 0.3 is 6.18 Å². The molecule has 5 nitrogen and oxygen atoms in total. The van der Waals surface area contributed by atoms with Crippen LogP contribution in [0.3, 0.4) is 0 Å². The number of anilines is 2. The van der Waals surface area contributed by atoms with Crippen molar-refractivity contribution in [2.75, 3.05) is 4.90 Å². The molecular formula is C12H7F3N2O3S. The maximum absolute atomic E-state index is 12.6. The highest BCUT2D eigenvalue weighted by atomic mass is 32.1. The smallest absolute Gasteiger partial charge is 0.278 e. The van der Waals surface area contributed by atoms with Crippen molar-refractivity contribution in [2.45, 2.75) is 6.18 Å². The van der Waals surface area contributed by atoms with Crippen molar-refractivity contribution < 1.29 is 22.9 Å². The lowest BCUT2D eigenvalue weighted by molar-refractivity contribution is -0.384. The largest absolute Gasteiger partial charge is 0.416 e. The molecule has 0 bridgehead atoms. The third-order valence-electron chi connectivity index (χ3n) is 2.65. The van der Waals surface area contributed by atoms with Crippen LogP contribution >= 0.6 is 11.3 Å². The van der Waals surface area contributed by atoms with E-state index < -0.39 is 22.4 Å². The number of alkyl halides is 3. The molecule has 1 amide bonds. The van der Waals surface area contributed by atoms with Crippen LogP contribution < -0.4 is 4.90 Å². The normalized spacial score (nSPS) is 11.2. The second-order valence-electron chi connectivity index (χ2n) is 3.92. The summed E-state index contributed by atoms with van der Waals surface area (Å²) in [7, 11) is 0. The molecule has 1 heterocycles. The molecule has 1 aromatic carbocycles. The molecule has 0 spiro atoms. The molecule has 21 heavy (non-hydrogen) atoms. The molecule has 0 N–H and O–H groups in total. The number of amides is 1. The average molecular weight is 316 g/mol. The molecule has 0 unspecified atom stereocenters. The fourth-order valence-electron chi connectivity index (χ4n) is 1.70. The second-order valence-corrected chi connectivity index (χ2v) is 4.70. The Labute approximate surface area is 120 Å². The van der Waals surface area contributed by atoms with Crippen LogP contribution in [0.1, 0.15) is 5.56 Å². The number of carbonyl (C=O) groups excluding carboxylic acids is 1. The molecule has 110 valence electrons. The summed E-state index contributed by atoms with van der Waals surface area (Å²) in [6.07, 6.45) is -4.38. The number of hydrogen-bond donors (Lipinski definition) is 0. The topological polar surface area (TPSA) is 63.5 Å². The predicted octanol–water partition coefficient (Wildman–Crippen LogP) is 3.97. The number of nitrogens with zero attached hydrogens (tertiary/aromatic N) is 2. The summed E-state index contributed by atoms with van der Waals surface area (Å²) >= 11 is 1.25. The molecule has 2 rings (SSSR count). The van der Waals surface area contributed by atoms with Gasteiger partial charge in [-0.2, -0.15) is 24.5 Å². The predicted molar refractivity (Wildman–Crippen MR) is 70.6 cm³/mol. The quantitative estimate of drug-likeness (QED) is 0.487. The van der Waals surface area contributed by atoms with Crippen LogP contribution in [0.4, 0.5) is 30.2 Å². The van der Waals surface area contributed by atoms with Crippen LogP contribution in [-0.2, 0) is 11.0 Å². The highest BCUT2D eigenvalue weighted by Crippen LogP contribution is 2.38. The van der Waals surface area contributed by atoms with Crippen molar-refractivity contribution in [1.29, 1.82) is 0 Å². The standard InChI is InChI=1S/C12H7F3N2O3S/c13-12(14,15)8-1-2-10(11(5-8)17(19)20)16(7-18)9-3-4-21-6-9/h1-7H. The summed E-state index contributed by atoms with van der Waals surface area (Å²) in [4.78, 5) is 22.1. The van der Waals surface area contributed by atoms with Crippen LogP contribution in [0.5, 0.6) is 0 Å². The average Bonchev–Trinajstić information content (AvgIpc) is 2.92. The van der Waals surface area contributed by atoms with Gasteiger partial charge in [0.15, 0.2) is 0 Å². The first-order chi connectivity index (χ1) is 9.84. The number of rotatable bonds is 4. The van der Waals surface area contributed by atoms with Crippen molar-refractivity contribution in [1.82, 2.24) is 0 Å². The SMILES string of the molecule is O=CN(c1ccsc1)c1ccc(C(F)(F)F)cc1[N+](=O)[O-]. The van der Waals surface area contributed by atoms with Crippen molar-refractivity contribution in [2.24, 2.45) is 0 Å². The zero-order valence-corrected chi connectivity index (χ0v) is 11.0. The van der Waals surface area contributed by atoms with Crippen LogP contribution in [0.15, 0.2) is 35.0 Å². The molecule has 0 atom stereocenters. The number of benzene rings is 1. The Bertz CT molecular complexity index is 671. The first kappa shape index (κ1) is 15.0. The summed E-state index contributed by atoms with van der Waals surface area (Å²) < 4.78 is 37.8. The molecule has 0 aliphatic carbocycles. The van der Waals surface area contributed by atoms with Gasteiger partial charge in [0.2, 0.25) is 6.41 Å². The zero-order chi connectivity index (χ0) is 15.6. The number of hydrogen-bond acceptors (Lipinski definition) is 4. The monoisotopic (exact) mass is 316 g/mol. The summed E-state index contributed by atoms with van der Waals surface area (Å²) in [6, 6.07) is 3.55. The second kappa shape index (κ2) is 5.52. The van der Waals surface area contributed by atoms with E-state index in [0.717, 1.165) is 11.0 Å². The lowest BCUT2D eigenvalue weighted by atomic mass is 10.1. The molecule has 0 aliphatic heterocycles. The number of nitro benzene ring substituents is 1. The van der Waals surface area contributed by atoms with Gasteiger partial charge in [0.25, 0.3) is 5.69 Å². The Morgan fingerprint density at radius 1 is 1.29 bits per heavy atom. The fraction of sp³-hybridized carbons (Fsp3) is 0.0833. The van der Waals surface area contributed by atoms with Gasteiger partial charge in [0.05, 0.1) is 16.2 Å². The lowest BCUT2D eigenvalue weighted by Gasteiger charge is -2.17. The number of nitro groups is 1. The van der Waals surface area contributed by atoms with Crippen molar-refractivity contribution >= 4 is 34.8 Å². The van der Waals surface area contributed by atoms with Gasteiger partial charge < -0.3 is 0 Å². The fourth-order valence-corrected chi connectivity index (χ4v) is 2.33. The maximum Gasteiger partial charge on any atom is 0.416 e. The Kier molecular flexibility index (Phi) is 3.94. The number of halogens is 3. The van der Waals surface area contributed by atoms with E-state index in [2.05, 4.69) is 0 Å². The van der Waals surface area contributed by atoms with Crippen molar-refractivity contribution in [3.63, 3.8) is 0 Å². The Hall–Kier alpha value is -2.42. The van der Waals surface area contributed by atoms with Crippen LogP contribution in [0.25, 0.3) is 0 Å². The van der Waals surface area contributed by atoms with Crippen molar-refractivity contribution in [3.8, 4) is 0 Å². The Morgan fingerprint density at radius 3 is 2.48 bits per heavy atom. The van der Waals surface area contributed by atoms with Crippen LogP contribution in [-0.4, -0.2) is 11.3 Å². The van der Waals surface area contributed by atoms with Gasteiger partial charge in [-0.3, -0.25) is 19.8 Å². The van der Waals surface area contributed by atoms with Gasteiger partial charge in [-0.1, -0.05) is 0 Å². The summed E-state index contributed by atoms with van der Waals surface area (Å²) in [5, 5.41) is 14.2. The lowest BCUT2D eigenvalue weighted by Crippen LogP contribution is -2.16. The zero-order valence-electron chi connectivity index (χ0n) is 10.2. The van der Waals surface area contributed by atoms with Gasteiger partial charge in [-0.05, 0) is 23.6 Å². The molecule has 0 fully saturated rings. The highest BCUT2D eigenvalue weighted by Gasteiger charge is 2.34.